The molecule has 0 N–H and O–H groups in total. The van der Waals surface area contributed by atoms with E-state index in [1.165, 1.54) is 0 Å². The van der Waals surface area contributed by atoms with Gasteiger partial charge in [-0.25, -0.2) is 8.78 Å². The lowest BCUT2D eigenvalue weighted by atomic mass is 10.3. The lowest BCUT2D eigenvalue weighted by Crippen LogP contribution is -2.42. The number of ether oxygens (including phenoxy) is 1. The van der Waals surface area contributed by atoms with Gasteiger partial charge in [0.2, 0.25) is 0 Å². The average Bonchev–Trinajstić information content (AvgIpc) is 2.17. The Bertz CT molecular complexity index is 429. The van der Waals surface area contributed by atoms with Gasteiger partial charge in [-0.3, -0.25) is 0 Å². The van der Waals surface area contributed by atoms with E-state index in [0.717, 1.165) is 0 Å². The molecule has 0 saturated heterocycles. The lowest BCUT2D eigenvalue weighted by molar-refractivity contribution is -0.361. The zero-order valence-corrected chi connectivity index (χ0v) is 9.17. The second kappa shape index (κ2) is 4.35. The molecule has 17 heavy (non-hydrogen) atoms. The maximum atomic E-state index is 13.1. The highest BCUT2D eigenvalue weighted by Gasteiger charge is 2.61. The predicted molar refractivity (Wildman–Crippen MR) is 45.7 cm³/mol. The van der Waals surface area contributed by atoms with Crippen LogP contribution in [0.15, 0.2) is 16.6 Å². The van der Waals surface area contributed by atoms with Gasteiger partial charge in [-0.05, 0) is 28.1 Å². The predicted octanol–water partition coefficient (Wildman–Crippen LogP) is 4.26. The summed E-state index contributed by atoms with van der Waals surface area (Å²) in [6.07, 6.45) is -11.6. The van der Waals surface area contributed by atoms with Crippen LogP contribution in [0.1, 0.15) is 0 Å². The largest absolute Gasteiger partial charge is 0.499 e. The van der Waals surface area contributed by atoms with Gasteiger partial charge in [-0.2, -0.15) is 22.0 Å². The fourth-order valence-corrected chi connectivity index (χ4v) is 1.11. The van der Waals surface area contributed by atoms with Crippen molar-refractivity contribution in [3.05, 3.63) is 28.2 Å². The van der Waals surface area contributed by atoms with E-state index in [1.807, 2.05) is 0 Å². The van der Waals surface area contributed by atoms with E-state index >= 15 is 0 Å². The minimum atomic E-state index is -6.00. The van der Waals surface area contributed by atoms with E-state index in [0.29, 0.717) is 12.1 Å². The van der Waals surface area contributed by atoms with Gasteiger partial charge in [0, 0.05) is 0 Å². The number of benzene rings is 1. The molecule has 0 saturated carbocycles. The summed E-state index contributed by atoms with van der Waals surface area (Å²) in [5, 5.41) is 0. The highest BCUT2D eigenvalue weighted by Crippen LogP contribution is 2.39. The molecular formula is C8H2BrF7O. The van der Waals surface area contributed by atoms with Crippen LogP contribution in [0.25, 0.3) is 0 Å². The number of alkyl halides is 5. The van der Waals surface area contributed by atoms with Gasteiger partial charge < -0.3 is 4.74 Å². The van der Waals surface area contributed by atoms with E-state index in [9.17, 15) is 30.7 Å². The summed E-state index contributed by atoms with van der Waals surface area (Å²) in [6.45, 7) is 0. The molecule has 0 spiro atoms. The van der Waals surface area contributed by atoms with Crippen molar-refractivity contribution >= 4 is 15.9 Å². The van der Waals surface area contributed by atoms with Crippen LogP contribution in [0.5, 0.6) is 5.75 Å². The van der Waals surface area contributed by atoms with Gasteiger partial charge in [-0.1, -0.05) is 0 Å². The molecule has 96 valence electrons. The van der Waals surface area contributed by atoms with Crippen molar-refractivity contribution in [1.82, 2.24) is 0 Å². The monoisotopic (exact) mass is 326 g/mol. The van der Waals surface area contributed by atoms with Crippen LogP contribution in [0.2, 0.25) is 0 Å². The molecule has 0 radical (unpaired) electrons. The van der Waals surface area contributed by atoms with Crippen LogP contribution < -0.4 is 4.74 Å². The Labute approximate surface area is 98.3 Å². The van der Waals surface area contributed by atoms with E-state index in [-0.39, 0.29) is 0 Å². The first-order valence-electron chi connectivity index (χ1n) is 3.83. The van der Waals surface area contributed by atoms with Crippen LogP contribution in [-0.2, 0) is 0 Å². The molecule has 9 heteroatoms. The molecule has 0 heterocycles. The molecule has 1 aromatic rings. The summed E-state index contributed by atoms with van der Waals surface area (Å²) in [7, 11) is 0. The first-order chi connectivity index (χ1) is 7.56. The molecule has 0 amide bonds. The Morgan fingerprint density at radius 3 is 2.00 bits per heavy atom. The Kier molecular flexibility index (Phi) is 3.60. The number of halogens is 8. The average molecular weight is 327 g/mol. The Morgan fingerprint density at radius 1 is 1.00 bits per heavy atom. The van der Waals surface area contributed by atoms with E-state index < -0.39 is 34.1 Å². The molecule has 0 unspecified atom stereocenters. The summed E-state index contributed by atoms with van der Waals surface area (Å²) >= 11 is 2.33. The second-order valence-electron chi connectivity index (χ2n) is 2.79. The fourth-order valence-electron chi connectivity index (χ4n) is 0.783. The minimum absolute atomic E-state index is 0.328. The van der Waals surface area contributed by atoms with E-state index in [2.05, 4.69) is 20.7 Å². The van der Waals surface area contributed by atoms with Crippen molar-refractivity contribution in [2.24, 2.45) is 0 Å². The molecule has 0 atom stereocenters. The molecule has 1 nitrogen and oxygen atoms in total. The molecule has 1 rings (SSSR count). The first-order valence-corrected chi connectivity index (χ1v) is 4.62. The van der Waals surface area contributed by atoms with Gasteiger partial charge in [0.05, 0.1) is 4.47 Å². The van der Waals surface area contributed by atoms with Crippen molar-refractivity contribution in [3.8, 4) is 5.75 Å². The topological polar surface area (TPSA) is 9.23 Å². The van der Waals surface area contributed by atoms with Gasteiger partial charge in [-0.15, -0.1) is 0 Å². The SMILES string of the molecule is Fc1ccc(OC(F)(F)C(F)(F)F)c(F)c1Br. The van der Waals surface area contributed by atoms with Crippen molar-refractivity contribution in [3.63, 3.8) is 0 Å². The van der Waals surface area contributed by atoms with Crippen LogP contribution >= 0.6 is 15.9 Å². The van der Waals surface area contributed by atoms with Crippen LogP contribution in [0.3, 0.4) is 0 Å². The van der Waals surface area contributed by atoms with Gasteiger partial charge in [0.15, 0.2) is 11.6 Å². The molecule has 0 aliphatic carbocycles. The van der Waals surface area contributed by atoms with Crippen LogP contribution in [0.4, 0.5) is 30.7 Å². The van der Waals surface area contributed by atoms with Crippen LogP contribution in [-0.4, -0.2) is 12.3 Å². The number of hydrogen-bond donors (Lipinski definition) is 0. The normalized spacial score (nSPS) is 12.7. The van der Waals surface area contributed by atoms with Gasteiger partial charge in [0.25, 0.3) is 0 Å². The smallest absolute Gasteiger partial charge is 0.423 e. The molecule has 0 aromatic heterocycles. The maximum absolute atomic E-state index is 13.1. The minimum Gasteiger partial charge on any atom is -0.423 e. The molecular weight excluding hydrogens is 325 g/mol. The Morgan fingerprint density at radius 2 is 1.53 bits per heavy atom. The fraction of sp³-hybridized carbons (Fsp3) is 0.250. The molecule has 0 aliphatic rings. The Hall–Kier alpha value is -0.990. The molecule has 0 bridgehead atoms. The zero-order chi connectivity index (χ0) is 13.4. The number of hydrogen-bond acceptors (Lipinski definition) is 1. The van der Waals surface area contributed by atoms with Crippen LogP contribution in [0, 0.1) is 11.6 Å². The molecule has 1 aromatic carbocycles. The summed E-state index contributed by atoms with van der Waals surface area (Å²) in [5.41, 5.74) is 0. The standard InChI is InChI=1S/C8H2BrF7O/c9-5-3(10)1-2-4(6(5)11)17-8(15,16)7(12,13)14/h1-2H. The quantitative estimate of drug-likeness (QED) is 0.583. The van der Waals surface area contributed by atoms with Gasteiger partial charge in [0.1, 0.15) is 5.82 Å². The van der Waals surface area contributed by atoms with Crippen molar-refractivity contribution in [2.75, 3.05) is 0 Å². The summed E-state index contributed by atoms with van der Waals surface area (Å²) < 4.78 is 88.1. The maximum Gasteiger partial charge on any atom is 0.499 e. The summed E-state index contributed by atoms with van der Waals surface area (Å²) in [6, 6.07) is 0.810. The van der Waals surface area contributed by atoms with Crippen molar-refractivity contribution in [2.45, 2.75) is 12.3 Å². The summed E-state index contributed by atoms with van der Waals surface area (Å²) in [5.74, 6) is -4.26. The number of rotatable bonds is 2. The highest BCUT2D eigenvalue weighted by molar-refractivity contribution is 9.10. The third kappa shape index (κ3) is 2.82. The second-order valence-corrected chi connectivity index (χ2v) is 3.58. The molecule has 0 fully saturated rings. The van der Waals surface area contributed by atoms with Crippen molar-refractivity contribution in [1.29, 1.82) is 0 Å². The Balaban J connectivity index is 3.09. The van der Waals surface area contributed by atoms with E-state index in [1.54, 1.807) is 0 Å². The van der Waals surface area contributed by atoms with Crippen molar-refractivity contribution < 1.29 is 35.5 Å². The first kappa shape index (κ1) is 14.1. The zero-order valence-electron chi connectivity index (χ0n) is 7.59. The van der Waals surface area contributed by atoms with Gasteiger partial charge >= 0.3 is 12.3 Å². The lowest BCUT2D eigenvalue weighted by Gasteiger charge is -2.20. The van der Waals surface area contributed by atoms with E-state index in [4.69, 9.17) is 0 Å². The third-order valence-corrected chi connectivity index (χ3v) is 2.29. The highest BCUT2D eigenvalue weighted by atomic mass is 79.9. The molecule has 0 aliphatic heterocycles. The third-order valence-electron chi connectivity index (χ3n) is 1.57. The summed E-state index contributed by atoms with van der Waals surface area (Å²) in [4.78, 5) is 0.